The lowest BCUT2D eigenvalue weighted by atomic mass is 9.90. The summed E-state index contributed by atoms with van der Waals surface area (Å²) in [5.41, 5.74) is 0. The fourth-order valence-electron chi connectivity index (χ4n) is 2.21. The molecule has 0 spiro atoms. The summed E-state index contributed by atoms with van der Waals surface area (Å²) >= 11 is 0. The van der Waals surface area contributed by atoms with Crippen LogP contribution >= 0.6 is 0 Å². The highest BCUT2D eigenvalue weighted by Crippen LogP contribution is 2.35. The Labute approximate surface area is 62.8 Å². The monoisotopic (exact) mass is 140 g/mol. The second-order valence-electron chi connectivity index (χ2n) is 3.90. The van der Waals surface area contributed by atoms with Crippen molar-refractivity contribution in [2.45, 2.75) is 38.7 Å². The first-order valence-electron chi connectivity index (χ1n) is 4.48. The molecule has 2 rings (SSSR count). The van der Waals surface area contributed by atoms with Crippen molar-refractivity contribution in [3.63, 3.8) is 0 Å². The van der Waals surface area contributed by atoms with Crippen molar-refractivity contribution in [2.75, 3.05) is 6.61 Å². The van der Waals surface area contributed by atoms with Gasteiger partial charge in [0.05, 0.1) is 12.7 Å². The van der Waals surface area contributed by atoms with Crippen LogP contribution in [0, 0.1) is 11.8 Å². The molecule has 0 amide bonds. The van der Waals surface area contributed by atoms with E-state index < -0.39 is 0 Å². The maximum atomic E-state index is 5.46. The Morgan fingerprint density at radius 1 is 1.30 bits per heavy atom. The van der Waals surface area contributed by atoms with E-state index in [1.54, 1.807) is 0 Å². The molecule has 3 unspecified atom stereocenters. The van der Waals surface area contributed by atoms with Gasteiger partial charge in [-0.25, -0.2) is 0 Å². The Bertz CT molecular complexity index is 122. The van der Waals surface area contributed by atoms with Crippen LogP contribution in [0.4, 0.5) is 0 Å². The van der Waals surface area contributed by atoms with Gasteiger partial charge in [0.1, 0.15) is 0 Å². The zero-order valence-corrected chi connectivity index (χ0v) is 6.68. The second kappa shape index (κ2) is 2.54. The molecule has 0 aromatic rings. The Kier molecular flexibility index (Phi) is 1.69. The highest BCUT2D eigenvalue weighted by molar-refractivity contribution is 4.83. The predicted octanol–water partition coefficient (Wildman–Crippen LogP) is 2.21. The maximum absolute atomic E-state index is 5.46. The minimum Gasteiger partial charge on any atom is -0.377 e. The van der Waals surface area contributed by atoms with Gasteiger partial charge in [0.2, 0.25) is 0 Å². The van der Waals surface area contributed by atoms with Crippen LogP contribution in [0.2, 0.25) is 0 Å². The average Bonchev–Trinajstić information content (AvgIpc) is 1.99. The minimum atomic E-state index is 0.657. The lowest BCUT2D eigenvalue weighted by Gasteiger charge is -2.36. The van der Waals surface area contributed by atoms with Crippen LogP contribution in [0.3, 0.4) is 0 Å². The van der Waals surface area contributed by atoms with Crippen molar-refractivity contribution in [3.05, 3.63) is 0 Å². The van der Waals surface area contributed by atoms with Crippen LogP contribution in [0.1, 0.15) is 32.6 Å². The Balaban J connectivity index is 1.93. The summed E-state index contributed by atoms with van der Waals surface area (Å²) in [6, 6.07) is 0. The van der Waals surface area contributed by atoms with Crippen molar-refractivity contribution < 1.29 is 4.74 Å². The van der Waals surface area contributed by atoms with Crippen LogP contribution in [-0.4, -0.2) is 12.7 Å². The summed E-state index contributed by atoms with van der Waals surface area (Å²) in [5, 5.41) is 0. The zero-order chi connectivity index (χ0) is 6.97. The number of hydrogen-bond donors (Lipinski definition) is 0. The lowest BCUT2D eigenvalue weighted by Crippen LogP contribution is -2.39. The molecular formula is C9H16O. The van der Waals surface area contributed by atoms with Gasteiger partial charge in [-0.1, -0.05) is 19.8 Å². The molecule has 1 aliphatic heterocycles. The molecule has 0 aromatic heterocycles. The molecule has 1 nitrogen and oxygen atoms in total. The summed E-state index contributed by atoms with van der Waals surface area (Å²) in [6.07, 6.45) is 6.23. The van der Waals surface area contributed by atoms with Gasteiger partial charge in [-0.15, -0.1) is 0 Å². The molecule has 2 fully saturated rings. The SMILES string of the molecule is CC1CCCC2OCC2C1. The van der Waals surface area contributed by atoms with Gasteiger partial charge in [0.25, 0.3) is 0 Å². The summed E-state index contributed by atoms with van der Waals surface area (Å²) in [5.74, 6) is 1.89. The number of hydrogen-bond acceptors (Lipinski definition) is 1. The second-order valence-corrected chi connectivity index (χ2v) is 3.90. The summed E-state index contributed by atoms with van der Waals surface area (Å²) in [7, 11) is 0. The van der Waals surface area contributed by atoms with Gasteiger partial charge in [0, 0.05) is 5.92 Å². The number of fused-ring (bicyclic) bond motifs is 1. The van der Waals surface area contributed by atoms with E-state index in [0.29, 0.717) is 6.10 Å². The molecule has 58 valence electrons. The molecular weight excluding hydrogens is 124 g/mol. The molecule has 0 radical (unpaired) electrons. The van der Waals surface area contributed by atoms with Crippen molar-refractivity contribution >= 4 is 0 Å². The fraction of sp³-hybridized carbons (Fsp3) is 1.00. The lowest BCUT2D eigenvalue weighted by molar-refractivity contribution is -0.118. The molecule has 0 aromatic carbocycles. The van der Waals surface area contributed by atoms with Crippen molar-refractivity contribution in [1.29, 1.82) is 0 Å². The first-order valence-corrected chi connectivity index (χ1v) is 4.48. The van der Waals surface area contributed by atoms with E-state index in [2.05, 4.69) is 6.92 Å². The van der Waals surface area contributed by atoms with E-state index in [-0.39, 0.29) is 0 Å². The molecule has 1 heterocycles. The topological polar surface area (TPSA) is 9.23 Å². The molecule has 10 heavy (non-hydrogen) atoms. The minimum absolute atomic E-state index is 0.657. The van der Waals surface area contributed by atoms with E-state index in [1.165, 1.54) is 25.7 Å². The molecule has 0 N–H and O–H groups in total. The molecule has 0 bridgehead atoms. The Morgan fingerprint density at radius 3 is 2.90 bits per heavy atom. The van der Waals surface area contributed by atoms with Gasteiger partial charge < -0.3 is 4.74 Å². The van der Waals surface area contributed by atoms with E-state index >= 15 is 0 Å². The maximum Gasteiger partial charge on any atom is 0.0625 e. The van der Waals surface area contributed by atoms with Crippen molar-refractivity contribution in [3.8, 4) is 0 Å². The van der Waals surface area contributed by atoms with Crippen LogP contribution < -0.4 is 0 Å². The van der Waals surface area contributed by atoms with Crippen LogP contribution in [0.5, 0.6) is 0 Å². The average molecular weight is 140 g/mol. The van der Waals surface area contributed by atoms with E-state index in [4.69, 9.17) is 4.74 Å². The molecule has 1 heteroatoms. The first kappa shape index (κ1) is 6.66. The van der Waals surface area contributed by atoms with Gasteiger partial charge >= 0.3 is 0 Å². The van der Waals surface area contributed by atoms with E-state index in [1.807, 2.05) is 0 Å². The van der Waals surface area contributed by atoms with Crippen LogP contribution in [0.25, 0.3) is 0 Å². The number of rotatable bonds is 0. The Hall–Kier alpha value is -0.0400. The normalized spacial score (nSPS) is 47.1. The van der Waals surface area contributed by atoms with Crippen LogP contribution in [-0.2, 0) is 4.74 Å². The predicted molar refractivity (Wildman–Crippen MR) is 40.9 cm³/mol. The molecule has 1 aliphatic carbocycles. The molecule has 3 atom stereocenters. The summed E-state index contributed by atoms with van der Waals surface area (Å²) in [6.45, 7) is 3.43. The van der Waals surface area contributed by atoms with Crippen molar-refractivity contribution in [2.24, 2.45) is 11.8 Å². The quantitative estimate of drug-likeness (QED) is 0.501. The summed E-state index contributed by atoms with van der Waals surface area (Å²) < 4.78 is 5.46. The molecule has 1 saturated carbocycles. The van der Waals surface area contributed by atoms with Crippen LogP contribution in [0.15, 0.2) is 0 Å². The fourth-order valence-corrected chi connectivity index (χ4v) is 2.21. The third-order valence-corrected chi connectivity index (χ3v) is 2.94. The summed E-state index contributed by atoms with van der Waals surface area (Å²) in [4.78, 5) is 0. The zero-order valence-electron chi connectivity index (χ0n) is 6.68. The van der Waals surface area contributed by atoms with Crippen molar-refractivity contribution in [1.82, 2.24) is 0 Å². The molecule has 1 saturated heterocycles. The van der Waals surface area contributed by atoms with Gasteiger partial charge in [-0.05, 0) is 18.8 Å². The molecule has 2 aliphatic rings. The van der Waals surface area contributed by atoms with Gasteiger partial charge in [0.15, 0.2) is 0 Å². The van der Waals surface area contributed by atoms with Gasteiger partial charge in [-0.3, -0.25) is 0 Å². The Morgan fingerprint density at radius 2 is 2.20 bits per heavy atom. The van der Waals surface area contributed by atoms with Gasteiger partial charge in [-0.2, -0.15) is 0 Å². The highest BCUT2D eigenvalue weighted by atomic mass is 16.5. The largest absolute Gasteiger partial charge is 0.377 e. The third kappa shape index (κ3) is 1.07. The van der Waals surface area contributed by atoms with E-state index in [0.717, 1.165) is 18.4 Å². The smallest absolute Gasteiger partial charge is 0.0625 e. The standard InChI is InChI=1S/C9H16O/c1-7-3-2-4-9-8(5-7)6-10-9/h7-9H,2-6H2,1H3. The third-order valence-electron chi connectivity index (χ3n) is 2.94. The number of ether oxygens (including phenoxy) is 1. The highest BCUT2D eigenvalue weighted by Gasteiger charge is 2.34. The first-order chi connectivity index (χ1) is 4.86. The van der Waals surface area contributed by atoms with E-state index in [9.17, 15) is 0 Å².